The maximum atomic E-state index is 8.72. The molecule has 0 atom stereocenters. The Labute approximate surface area is 122 Å². The molecule has 2 N–H and O–H groups in total. The van der Waals surface area contributed by atoms with E-state index in [1.807, 2.05) is 19.1 Å². The molecule has 0 fully saturated rings. The summed E-state index contributed by atoms with van der Waals surface area (Å²) in [7, 11) is 0. The lowest BCUT2D eigenvalue weighted by Crippen LogP contribution is -2.16. The number of aliphatic hydroxyl groups is 1. The topological polar surface area (TPSA) is 54.4 Å². The van der Waals surface area contributed by atoms with Crippen molar-refractivity contribution in [2.75, 3.05) is 19.8 Å². The molecule has 0 saturated heterocycles. The van der Waals surface area contributed by atoms with Crippen LogP contribution in [0.25, 0.3) is 0 Å². The third-order valence-corrected chi connectivity index (χ3v) is 3.10. The van der Waals surface area contributed by atoms with Gasteiger partial charge in [-0.05, 0) is 51.3 Å². The minimum Gasteiger partial charge on any atom is -0.492 e. The van der Waals surface area contributed by atoms with E-state index < -0.39 is 0 Å². The summed E-state index contributed by atoms with van der Waals surface area (Å²) in [6, 6.07) is 4.00. The summed E-state index contributed by atoms with van der Waals surface area (Å²) in [6.07, 6.45) is 5.20. The number of pyridine rings is 1. The van der Waals surface area contributed by atoms with Crippen LogP contribution in [-0.2, 0) is 6.54 Å². The third kappa shape index (κ3) is 6.87. The van der Waals surface area contributed by atoms with Gasteiger partial charge >= 0.3 is 0 Å². The molecular weight excluding hydrogens is 252 g/mol. The van der Waals surface area contributed by atoms with Crippen molar-refractivity contribution in [3.8, 4) is 5.75 Å². The molecular formula is C16H28N2O2. The zero-order chi connectivity index (χ0) is 14.6. The average Bonchev–Trinajstić information content (AvgIpc) is 2.45. The molecule has 1 aromatic heterocycles. The van der Waals surface area contributed by atoms with Gasteiger partial charge in [-0.1, -0.05) is 13.3 Å². The highest BCUT2D eigenvalue weighted by molar-refractivity contribution is 5.29. The molecule has 20 heavy (non-hydrogen) atoms. The highest BCUT2D eigenvalue weighted by atomic mass is 16.5. The van der Waals surface area contributed by atoms with Crippen LogP contribution in [0.1, 0.15) is 50.4 Å². The third-order valence-electron chi connectivity index (χ3n) is 3.10. The molecule has 4 heteroatoms. The molecule has 0 unspecified atom stereocenters. The van der Waals surface area contributed by atoms with Crippen molar-refractivity contribution in [3.05, 3.63) is 23.5 Å². The molecule has 1 heterocycles. The smallest absolute Gasteiger partial charge is 0.142 e. The lowest BCUT2D eigenvalue weighted by atomic mass is 10.2. The Kier molecular flexibility index (Phi) is 9.00. The molecule has 0 aromatic carbocycles. The molecule has 4 nitrogen and oxygen atoms in total. The van der Waals surface area contributed by atoms with E-state index in [0.717, 1.165) is 68.9 Å². The van der Waals surface area contributed by atoms with Gasteiger partial charge in [0.1, 0.15) is 5.75 Å². The average molecular weight is 280 g/mol. The van der Waals surface area contributed by atoms with Gasteiger partial charge in [-0.25, -0.2) is 0 Å². The number of aliphatic hydroxyl groups excluding tert-OH is 1. The first-order chi connectivity index (χ1) is 9.77. The van der Waals surface area contributed by atoms with Crippen LogP contribution in [0.2, 0.25) is 0 Å². The van der Waals surface area contributed by atoms with E-state index in [0.29, 0.717) is 0 Å². The van der Waals surface area contributed by atoms with Crippen molar-refractivity contribution < 1.29 is 9.84 Å². The summed E-state index contributed by atoms with van der Waals surface area (Å²) < 4.78 is 5.84. The molecule has 114 valence electrons. The van der Waals surface area contributed by atoms with Crippen LogP contribution in [-0.4, -0.2) is 29.8 Å². The van der Waals surface area contributed by atoms with Gasteiger partial charge in [0.15, 0.2) is 0 Å². The zero-order valence-corrected chi connectivity index (χ0v) is 12.8. The van der Waals surface area contributed by atoms with E-state index in [4.69, 9.17) is 9.84 Å². The highest BCUT2D eigenvalue weighted by Gasteiger charge is 2.05. The maximum absolute atomic E-state index is 8.72. The van der Waals surface area contributed by atoms with Gasteiger partial charge in [0.05, 0.1) is 12.3 Å². The lowest BCUT2D eigenvalue weighted by molar-refractivity contribution is 0.272. The van der Waals surface area contributed by atoms with Crippen LogP contribution in [0.3, 0.4) is 0 Å². The molecule has 0 bridgehead atoms. The monoisotopic (exact) mass is 280 g/mol. The Balaban J connectivity index is 2.38. The standard InChI is InChI=1S/C16H28N2O2/c1-3-10-17-13-15-16(9-8-14(2)18-15)20-12-7-5-4-6-11-19/h8-9,17,19H,3-7,10-13H2,1-2H3. The second-order valence-electron chi connectivity index (χ2n) is 5.06. The molecule has 0 saturated carbocycles. The van der Waals surface area contributed by atoms with Gasteiger partial charge in [0.25, 0.3) is 0 Å². The Morgan fingerprint density at radius 2 is 2.00 bits per heavy atom. The van der Waals surface area contributed by atoms with E-state index in [2.05, 4.69) is 17.2 Å². The Morgan fingerprint density at radius 1 is 1.20 bits per heavy atom. The van der Waals surface area contributed by atoms with E-state index in [9.17, 15) is 0 Å². The normalized spacial score (nSPS) is 10.8. The molecule has 0 aliphatic rings. The van der Waals surface area contributed by atoms with E-state index in [-0.39, 0.29) is 6.61 Å². The molecule has 1 rings (SSSR count). The summed E-state index contributed by atoms with van der Waals surface area (Å²) in [5, 5.41) is 12.1. The molecule has 1 aromatic rings. The summed E-state index contributed by atoms with van der Waals surface area (Å²) in [5.74, 6) is 0.890. The van der Waals surface area contributed by atoms with Gasteiger partial charge in [-0.2, -0.15) is 0 Å². The Bertz CT molecular complexity index is 369. The van der Waals surface area contributed by atoms with Crippen molar-refractivity contribution in [1.82, 2.24) is 10.3 Å². The quantitative estimate of drug-likeness (QED) is 0.612. The SMILES string of the molecule is CCCNCc1nc(C)ccc1OCCCCCCO. The van der Waals surface area contributed by atoms with Crippen LogP contribution < -0.4 is 10.1 Å². The van der Waals surface area contributed by atoms with Crippen LogP contribution in [0.4, 0.5) is 0 Å². The Morgan fingerprint density at radius 3 is 2.75 bits per heavy atom. The number of aryl methyl sites for hydroxylation is 1. The molecule has 0 amide bonds. The first kappa shape index (κ1) is 16.9. The summed E-state index contributed by atoms with van der Waals surface area (Å²) in [5.41, 5.74) is 2.02. The van der Waals surface area contributed by atoms with E-state index in [1.54, 1.807) is 0 Å². The second kappa shape index (κ2) is 10.6. The van der Waals surface area contributed by atoms with Crippen molar-refractivity contribution in [3.63, 3.8) is 0 Å². The number of ether oxygens (including phenoxy) is 1. The van der Waals surface area contributed by atoms with Crippen molar-refractivity contribution in [2.24, 2.45) is 0 Å². The van der Waals surface area contributed by atoms with Crippen molar-refractivity contribution in [2.45, 2.75) is 52.5 Å². The molecule has 0 spiro atoms. The van der Waals surface area contributed by atoms with E-state index in [1.165, 1.54) is 0 Å². The van der Waals surface area contributed by atoms with E-state index >= 15 is 0 Å². The second-order valence-corrected chi connectivity index (χ2v) is 5.06. The number of nitrogens with one attached hydrogen (secondary N) is 1. The maximum Gasteiger partial charge on any atom is 0.142 e. The first-order valence-corrected chi connectivity index (χ1v) is 7.68. The fourth-order valence-electron chi connectivity index (χ4n) is 1.99. The Hall–Kier alpha value is -1.13. The number of hydrogen-bond donors (Lipinski definition) is 2. The zero-order valence-electron chi connectivity index (χ0n) is 12.8. The lowest BCUT2D eigenvalue weighted by Gasteiger charge is -2.12. The fraction of sp³-hybridized carbons (Fsp3) is 0.688. The van der Waals surface area contributed by atoms with Crippen molar-refractivity contribution >= 4 is 0 Å². The number of rotatable bonds is 11. The summed E-state index contributed by atoms with van der Waals surface area (Å²) in [6.45, 7) is 6.92. The molecule has 0 aliphatic carbocycles. The van der Waals surface area contributed by atoms with Crippen LogP contribution >= 0.6 is 0 Å². The number of nitrogens with zero attached hydrogens (tertiary/aromatic N) is 1. The number of hydrogen-bond acceptors (Lipinski definition) is 4. The highest BCUT2D eigenvalue weighted by Crippen LogP contribution is 2.17. The van der Waals surface area contributed by atoms with Crippen LogP contribution in [0, 0.1) is 6.92 Å². The minimum absolute atomic E-state index is 0.288. The van der Waals surface area contributed by atoms with Crippen molar-refractivity contribution in [1.29, 1.82) is 0 Å². The summed E-state index contributed by atoms with van der Waals surface area (Å²) in [4.78, 5) is 4.55. The predicted octanol–water partition coefficient (Wildman–Crippen LogP) is 2.82. The van der Waals surface area contributed by atoms with Gasteiger partial charge < -0.3 is 15.2 Å². The number of unbranched alkanes of at least 4 members (excludes halogenated alkanes) is 3. The van der Waals surface area contributed by atoms with Crippen LogP contribution in [0.5, 0.6) is 5.75 Å². The minimum atomic E-state index is 0.288. The van der Waals surface area contributed by atoms with Gasteiger partial charge in [-0.3, -0.25) is 4.98 Å². The molecule has 0 radical (unpaired) electrons. The van der Waals surface area contributed by atoms with Crippen LogP contribution in [0.15, 0.2) is 12.1 Å². The predicted molar refractivity (Wildman–Crippen MR) is 82.0 cm³/mol. The van der Waals surface area contributed by atoms with Gasteiger partial charge in [0, 0.05) is 18.8 Å². The summed E-state index contributed by atoms with van der Waals surface area (Å²) >= 11 is 0. The fourth-order valence-corrected chi connectivity index (χ4v) is 1.99. The first-order valence-electron chi connectivity index (χ1n) is 7.68. The molecule has 0 aliphatic heterocycles. The largest absolute Gasteiger partial charge is 0.492 e. The van der Waals surface area contributed by atoms with Gasteiger partial charge in [0.2, 0.25) is 0 Å². The number of aromatic nitrogens is 1. The van der Waals surface area contributed by atoms with Gasteiger partial charge in [-0.15, -0.1) is 0 Å².